The number of anilines is 1. The molecule has 1 amide bonds. The molecule has 0 fully saturated rings. The maximum absolute atomic E-state index is 13.0. The molecule has 9 heteroatoms. The second-order valence-corrected chi connectivity index (χ2v) is 6.47. The van der Waals surface area contributed by atoms with E-state index in [0.29, 0.717) is 23.5 Å². The number of amides is 1. The van der Waals surface area contributed by atoms with Crippen molar-refractivity contribution < 1.29 is 13.9 Å². The Morgan fingerprint density at radius 3 is 2.57 bits per heavy atom. The molecule has 0 bridgehead atoms. The number of rotatable bonds is 6. The molecular weight excluding hydrogens is 389 g/mol. The van der Waals surface area contributed by atoms with Gasteiger partial charge in [-0.25, -0.2) is 13.6 Å². The molecule has 8 nitrogen and oxygen atoms in total. The first-order chi connectivity index (χ1) is 14.5. The first-order valence-corrected chi connectivity index (χ1v) is 9.27. The Bertz CT molecular complexity index is 1250. The number of halogens is 1. The van der Waals surface area contributed by atoms with Crippen LogP contribution in [0.25, 0.3) is 16.8 Å². The van der Waals surface area contributed by atoms with Gasteiger partial charge >= 0.3 is 0 Å². The summed E-state index contributed by atoms with van der Waals surface area (Å²) in [5.74, 6) is -0.103. The lowest BCUT2D eigenvalue weighted by molar-refractivity contribution is -0.117. The van der Waals surface area contributed by atoms with E-state index in [2.05, 4.69) is 15.5 Å². The van der Waals surface area contributed by atoms with Crippen LogP contribution in [0, 0.1) is 5.82 Å². The van der Waals surface area contributed by atoms with Crippen LogP contribution in [0.1, 0.15) is 6.92 Å². The van der Waals surface area contributed by atoms with Crippen LogP contribution in [0.2, 0.25) is 0 Å². The molecule has 0 aliphatic rings. The smallest absolute Gasteiger partial charge is 0.293 e. The normalized spacial score (nSPS) is 10.9. The second kappa shape index (κ2) is 8.16. The molecule has 0 atom stereocenters. The monoisotopic (exact) mass is 407 g/mol. The van der Waals surface area contributed by atoms with Gasteiger partial charge in [-0.15, -0.1) is 0 Å². The van der Waals surface area contributed by atoms with Crippen molar-refractivity contribution in [1.29, 1.82) is 0 Å². The lowest BCUT2D eigenvalue weighted by Crippen LogP contribution is -2.30. The van der Waals surface area contributed by atoms with Gasteiger partial charge in [-0.2, -0.15) is 10.2 Å². The van der Waals surface area contributed by atoms with Crippen molar-refractivity contribution in [3.8, 4) is 17.0 Å². The molecular formula is C21H18FN5O3. The highest BCUT2D eigenvalue weighted by molar-refractivity contribution is 5.90. The van der Waals surface area contributed by atoms with E-state index in [9.17, 15) is 14.0 Å². The standard InChI is InChI=1S/C21H18FN5O3/c1-2-30-17-9-3-14(4-10-17)18-11-19-21(29)26(23-13-27(19)25-18)12-20(28)24-16-7-5-15(22)6-8-16/h3-11,13H,2,12H2,1H3,(H,24,28). The van der Waals surface area contributed by atoms with Crippen LogP contribution in [0.15, 0.2) is 65.7 Å². The summed E-state index contributed by atoms with van der Waals surface area (Å²) in [5, 5.41) is 11.0. The maximum atomic E-state index is 13.0. The highest BCUT2D eigenvalue weighted by Crippen LogP contribution is 2.21. The van der Waals surface area contributed by atoms with E-state index < -0.39 is 17.3 Å². The van der Waals surface area contributed by atoms with Gasteiger partial charge in [0.05, 0.1) is 12.3 Å². The molecule has 0 saturated heterocycles. The Morgan fingerprint density at radius 1 is 1.13 bits per heavy atom. The van der Waals surface area contributed by atoms with Gasteiger partial charge in [-0.1, -0.05) is 0 Å². The number of nitrogens with zero attached hydrogens (tertiary/aromatic N) is 4. The Balaban J connectivity index is 1.55. The fourth-order valence-electron chi connectivity index (χ4n) is 2.95. The van der Waals surface area contributed by atoms with Gasteiger partial charge in [0.1, 0.15) is 30.0 Å². The summed E-state index contributed by atoms with van der Waals surface area (Å²) in [7, 11) is 0. The average molecular weight is 407 g/mol. The molecule has 0 saturated carbocycles. The van der Waals surface area contributed by atoms with E-state index in [1.54, 1.807) is 6.07 Å². The van der Waals surface area contributed by atoms with Crippen LogP contribution in [-0.4, -0.2) is 31.9 Å². The van der Waals surface area contributed by atoms with Gasteiger partial charge in [0.2, 0.25) is 5.91 Å². The molecule has 0 aliphatic heterocycles. The predicted molar refractivity (Wildman–Crippen MR) is 109 cm³/mol. The third-order valence-electron chi connectivity index (χ3n) is 4.37. The minimum absolute atomic E-state index is 0.281. The summed E-state index contributed by atoms with van der Waals surface area (Å²) < 4.78 is 20.8. The maximum Gasteiger partial charge on any atom is 0.293 e. The number of aromatic nitrogens is 4. The van der Waals surface area contributed by atoms with Crippen LogP contribution < -0.4 is 15.6 Å². The van der Waals surface area contributed by atoms with E-state index in [4.69, 9.17) is 4.74 Å². The molecule has 2 heterocycles. The van der Waals surface area contributed by atoms with Gasteiger partial charge in [0, 0.05) is 11.3 Å². The first kappa shape index (κ1) is 19.3. The Hall–Kier alpha value is -4.01. The molecule has 1 N–H and O–H groups in total. The van der Waals surface area contributed by atoms with Crippen molar-refractivity contribution in [2.45, 2.75) is 13.5 Å². The molecule has 0 aliphatic carbocycles. The van der Waals surface area contributed by atoms with Gasteiger partial charge in [-0.05, 0) is 61.5 Å². The molecule has 4 aromatic rings. The zero-order valence-corrected chi connectivity index (χ0v) is 16.1. The van der Waals surface area contributed by atoms with E-state index in [1.165, 1.54) is 35.1 Å². The number of carbonyl (C=O) groups is 1. The quantitative estimate of drug-likeness (QED) is 0.531. The Kier molecular flexibility index (Phi) is 5.25. The number of carbonyl (C=O) groups excluding carboxylic acids is 1. The first-order valence-electron chi connectivity index (χ1n) is 9.27. The summed E-state index contributed by atoms with van der Waals surface area (Å²) in [4.78, 5) is 25.0. The van der Waals surface area contributed by atoms with Crippen molar-refractivity contribution in [3.05, 3.63) is 77.1 Å². The number of fused-ring (bicyclic) bond motifs is 1. The topological polar surface area (TPSA) is 90.5 Å². The summed E-state index contributed by atoms with van der Waals surface area (Å²) in [6.07, 6.45) is 1.37. The molecule has 152 valence electrons. The third kappa shape index (κ3) is 4.04. The van der Waals surface area contributed by atoms with Crippen LogP contribution in [-0.2, 0) is 11.3 Å². The van der Waals surface area contributed by atoms with E-state index in [0.717, 1.165) is 16.0 Å². The summed E-state index contributed by atoms with van der Waals surface area (Å²) >= 11 is 0. The zero-order chi connectivity index (χ0) is 21.1. The van der Waals surface area contributed by atoms with Crippen LogP contribution >= 0.6 is 0 Å². The van der Waals surface area contributed by atoms with Crippen molar-refractivity contribution in [1.82, 2.24) is 19.4 Å². The van der Waals surface area contributed by atoms with E-state index in [1.807, 2.05) is 31.2 Å². The number of benzene rings is 2. The van der Waals surface area contributed by atoms with Crippen LogP contribution in [0.3, 0.4) is 0 Å². The fraction of sp³-hybridized carbons (Fsp3) is 0.143. The average Bonchev–Trinajstić information content (AvgIpc) is 3.18. The summed E-state index contributed by atoms with van der Waals surface area (Å²) in [5.41, 5.74) is 1.70. The Morgan fingerprint density at radius 2 is 1.87 bits per heavy atom. The largest absolute Gasteiger partial charge is 0.494 e. The van der Waals surface area contributed by atoms with Crippen molar-refractivity contribution in [2.24, 2.45) is 0 Å². The van der Waals surface area contributed by atoms with E-state index in [-0.39, 0.29) is 6.54 Å². The van der Waals surface area contributed by atoms with Gasteiger partial charge < -0.3 is 10.1 Å². The highest BCUT2D eigenvalue weighted by Gasteiger charge is 2.12. The van der Waals surface area contributed by atoms with Crippen LogP contribution in [0.4, 0.5) is 10.1 Å². The van der Waals surface area contributed by atoms with Crippen molar-refractivity contribution in [2.75, 3.05) is 11.9 Å². The molecule has 0 spiro atoms. The minimum atomic E-state index is -0.452. The molecule has 2 aromatic carbocycles. The summed E-state index contributed by atoms with van der Waals surface area (Å²) in [6.45, 7) is 2.21. The van der Waals surface area contributed by atoms with Crippen molar-refractivity contribution in [3.63, 3.8) is 0 Å². The zero-order valence-electron chi connectivity index (χ0n) is 16.1. The van der Waals surface area contributed by atoms with Crippen molar-refractivity contribution >= 4 is 17.1 Å². The molecule has 30 heavy (non-hydrogen) atoms. The number of nitrogens with one attached hydrogen (secondary N) is 1. The number of ether oxygens (including phenoxy) is 1. The van der Waals surface area contributed by atoms with E-state index >= 15 is 0 Å². The third-order valence-corrected chi connectivity index (χ3v) is 4.37. The van der Waals surface area contributed by atoms with Gasteiger partial charge in [0.15, 0.2) is 0 Å². The van der Waals surface area contributed by atoms with Gasteiger partial charge in [-0.3, -0.25) is 9.59 Å². The summed E-state index contributed by atoms with van der Waals surface area (Å²) in [6, 6.07) is 14.4. The molecule has 0 radical (unpaired) electrons. The number of hydrogen-bond donors (Lipinski definition) is 1. The Labute approximate surface area is 170 Å². The number of hydrogen-bond acceptors (Lipinski definition) is 5. The SMILES string of the molecule is CCOc1ccc(-c2cc3c(=O)n(CC(=O)Nc4ccc(F)cc4)ncn3n2)cc1. The lowest BCUT2D eigenvalue weighted by atomic mass is 10.1. The lowest BCUT2D eigenvalue weighted by Gasteiger charge is -2.06. The molecule has 0 unspecified atom stereocenters. The highest BCUT2D eigenvalue weighted by atomic mass is 19.1. The minimum Gasteiger partial charge on any atom is -0.494 e. The molecule has 2 aromatic heterocycles. The predicted octanol–water partition coefficient (Wildman–Crippen LogP) is 2.73. The molecule has 4 rings (SSSR count). The second-order valence-electron chi connectivity index (χ2n) is 6.47. The fourth-order valence-corrected chi connectivity index (χ4v) is 2.95. The van der Waals surface area contributed by atoms with Gasteiger partial charge in [0.25, 0.3) is 5.56 Å². The van der Waals surface area contributed by atoms with Crippen LogP contribution in [0.5, 0.6) is 5.75 Å².